The molecule has 0 aliphatic rings. The Morgan fingerprint density at radius 1 is 0.833 bits per heavy atom. The zero-order valence-electron chi connectivity index (χ0n) is 13.1. The van der Waals surface area contributed by atoms with E-state index in [2.05, 4.69) is 19.1 Å². The largest absolute Gasteiger partial charge is 0.487 e. The summed E-state index contributed by atoms with van der Waals surface area (Å²) < 4.78 is 11.6. The SMILES string of the molecule is Cc1ccc(COc2cc(Oc3cccc(Cl)c3)ccc2Cl)cc1. The van der Waals surface area contributed by atoms with Crippen LogP contribution in [0.25, 0.3) is 0 Å². The van der Waals surface area contributed by atoms with E-state index in [-0.39, 0.29) is 0 Å². The summed E-state index contributed by atoms with van der Waals surface area (Å²) in [7, 11) is 0. The van der Waals surface area contributed by atoms with Gasteiger partial charge in [0.05, 0.1) is 5.02 Å². The first-order chi connectivity index (χ1) is 11.6. The maximum atomic E-state index is 6.21. The highest BCUT2D eigenvalue weighted by Gasteiger charge is 2.06. The van der Waals surface area contributed by atoms with Crippen LogP contribution in [-0.4, -0.2) is 0 Å². The molecule has 0 unspecified atom stereocenters. The standard InChI is InChI=1S/C20H16Cl2O2/c1-14-5-7-15(8-6-14)13-23-20-12-18(9-10-19(20)22)24-17-4-2-3-16(21)11-17/h2-12H,13H2,1H3. The van der Waals surface area contributed by atoms with Crippen LogP contribution >= 0.6 is 23.2 Å². The normalized spacial score (nSPS) is 10.5. The van der Waals surface area contributed by atoms with Crippen molar-refractivity contribution in [2.45, 2.75) is 13.5 Å². The molecule has 122 valence electrons. The van der Waals surface area contributed by atoms with Crippen LogP contribution in [0.15, 0.2) is 66.7 Å². The third-order valence-electron chi connectivity index (χ3n) is 3.45. The lowest BCUT2D eigenvalue weighted by Gasteiger charge is -2.11. The number of ether oxygens (including phenoxy) is 2. The molecule has 0 saturated heterocycles. The molecule has 0 heterocycles. The second-order valence-corrected chi connectivity index (χ2v) is 6.27. The van der Waals surface area contributed by atoms with Crippen LogP contribution in [0.3, 0.4) is 0 Å². The molecule has 0 atom stereocenters. The molecule has 3 aromatic rings. The molecular formula is C20H16Cl2O2. The second-order valence-electron chi connectivity index (χ2n) is 5.43. The first-order valence-corrected chi connectivity index (χ1v) is 8.27. The van der Waals surface area contributed by atoms with Crippen molar-refractivity contribution in [2.24, 2.45) is 0 Å². The molecule has 0 fully saturated rings. The Labute approximate surface area is 151 Å². The highest BCUT2D eigenvalue weighted by Crippen LogP contribution is 2.32. The highest BCUT2D eigenvalue weighted by molar-refractivity contribution is 6.32. The van der Waals surface area contributed by atoms with E-state index in [1.807, 2.05) is 24.3 Å². The summed E-state index contributed by atoms with van der Waals surface area (Å²) >= 11 is 12.2. The summed E-state index contributed by atoms with van der Waals surface area (Å²) in [5.74, 6) is 1.88. The van der Waals surface area contributed by atoms with Crippen LogP contribution in [-0.2, 0) is 6.61 Å². The lowest BCUT2D eigenvalue weighted by Crippen LogP contribution is -1.96. The predicted molar refractivity (Wildman–Crippen MR) is 98.5 cm³/mol. The van der Waals surface area contributed by atoms with Crippen molar-refractivity contribution in [3.8, 4) is 17.2 Å². The van der Waals surface area contributed by atoms with Crippen molar-refractivity contribution in [1.82, 2.24) is 0 Å². The summed E-state index contributed by atoms with van der Waals surface area (Å²) in [6.07, 6.45) is 0. The van der Waals surface area contributed by atoms with Crippen molar-refractivity contribution in [1.29, 1.82) is 0 Å². The molecule has 0 saturated carbocycles. The Bertz CT molecular complexity index is 829. The van der Waals surface area contributed by atoms with Crippen LogP contribution in [0.4, 0.5) is 0 Å². The summed E-state index contributed by atoms with van der Waals surface area (Å²) in [4.78, 5) is 0. The van der Waals surface area contributed by atoms with Gasteiger partial charge in [-0.2, -0.15) is 0 Å². The molecule has 24 heavy (non-hydrogen) atoms. The van der Waals surface area contributed by atoms with Crippen LogP contribution in [0.2, 0.25) is 10.0 Å². The van der Waals surface area contributed by atoms with Gasteiger partial charge in [-0.25, -0.2) is 0 Å². The molecule has 0 radical (unpaired) electrons. The number of hydrogen-bond donors (Lipinski definition) is 0. The Hall–Kier alpha value is -2.16. The second kappa shape index (κ2) is 7.61. The summed E-state index contributed by atoms with van der Waals surface area (Å²) in [6.45, 7) is 2.50. The lowest BCUT2D eigenvalue weighted by molar-refractivity contribution is 0.305. The van der Waals surface area contributed by atoms with Gasteiger partial charge in [0.2, 0.25) is 0 Å². The molecule has 0 aromatic heterocycles. The van der Waals surface area contributed by atoms with E-state index in [1.54, 1.807) is 30.3 Å². The first-order valence-electron chi connectivity index (χ1n) is 7.51. The number of rotatable bonds is 5. The van der Waals surface area contributed by atoms with Crippen LogP contribution in [0.1, 0.15) is 11.1 Å². The Morgan fingerprint density at radius 3 is 2.33 bits per heavy atom. The van der Waals surface area contributed by atoms with Gasteiger partial charge < -0.3 is 9.47 Å². The summed E-state index contributed by atoms with van der Waals surface area (Å²) in [5, 5.41) is 1.16. The molecule has 0 aliphatic carbocycles. The molecular weight excluding hydrogens is 343 g/mol. The van der Waals surface area contributed by atoms with E-state index in [1.165, 1.54) is 5.56 Å². The van der Waals surface area contributed by atoms with Gasteiger partial charge in [0.1, 0.15) is 23.9 Å². The van der Waals surface area contributed by atoms with Gasteiger partial charge in [0, 0.05) is 11.1 Å². The topological polar surface area (TPSA) is 18.5 Å². The van der Waals surface area contributed by atoms with Gasteiger partial charge in [0.25, 0.3) is 0 Å². The molecule has 0 amide bonds. The minimum atomic E-state index is 0.445. The van der Waals surface area contributed by atoms with Crippen molar-refractivity contribution < 1.29 is 9.47 Å². The van der Waals surface area contributed by atoms with Crippen LogP contribution < -0.4 is 9.47 Å². The van der Waals surface area contributed by atoms with E-state index < -0.39 is 0 Å². The van der Waals surface area contributed by atoms with Crippen LogP contribution in [0.5, 0.6) is 17.2 Å². The van der Waals surface area contributed by atoms with E-state index in [4.69, 9.17) is 32.7 Å². The van der Waals surface area contributed by atoms with Gasteiger partial charge in [-0.05, 0) is 42.8 Å². The maximum Gasteiger partial charge on any atom is 0.142 e. The third kappa shape index (κ3) is 4.44. The predicted octanol–water partition coefficient (Wildman–Crippen LogP) is 6.67. The fourth-order valence-electron chi connectivity index (χ4n) is 2.17. The van der Waals surface area contributed by atoms with Crippen molar-refractivity contribution in [3.05, 3.63) is 87.9 Å². The molecule has 2 nitrogen and oxygen atoms in total. The molecule has 0 aliphatic heterocycles. The first kappa shape index (κ1) is 16.7. The molecule has 3 aromatic carbocycles. The van der Waals surface area contributed by atoms with E-state index >= 15 is 0 Å². The monoisotopic (exact) mass is 358 g/mol. The van der Waals surface area contributed by atoms with Crippen molar-refractivity contribution >= 4 is 23.2 Å². The fraction of sp³-hybridized carbons (Fsp3) is 0.100. The number of benzene rings is 3. The summed E-state index contributed by atoms with van der Waals surface area (Å²) in [5.41, 5.74) is 2.30. The molecule has 4 heteroatoms. The van der Waals surface area contributed by atoms with Gasteiger partial charge in [-0.1, -0.05) is 59.1 Å². The smallest absolute Gasteiger partial charge is 0.142 e. The fourth-order valence-corrected chi connectivity index (χ4v) is 2.52. The number of halogens is 2. The van der Waals surface area contributed by atoms with E-state index in [0.29, 0.717) is 33.9 Å². The van der Waals surface area contributed by atoms with Crippen molar-refractivity contribution in [3.63, 3.8) is 0 Å². The lowest BCUT2D eigenvalue weighted by atomic mass is 10.2. The number of hydrogen-bond acceptors (Lipinski definition) is 2. The zero-order chi connectivity index (χ0) is 16.9. The highest BCUT2D eigenvalue weighted by atomic mass is 35.5. The average molecular weight is 359 g/mol. The molecule has 0 spiro atoms. The third-order valence-corrected chi connectivity index (χ3v) is 4.00. The van der Waals surface area contributed by atoms with Crippen molar-refractivity contribution in [2.75, 3.05) is 0 Å². The zero-order valence-corrected chi connectivity index (χ0v) is 14.6. The quantitative estimate of drug-likeness (QED) is 0.506. The minimum Gasteiger partial charge on any atom is -0.487 e. The van der Waals surface area contributed by atoms with Crippen LogP contribution in [0, 0.1) is 6.92 Å². The van der Waals surface area contributed by atoms with E-state index in [0.717, 1.165) is 5.56 Å². The maximum absolute atomic E-state index is 6.21. The van der Waals surface area contributed by atoms with Gasteiger partial charge >= 0.3 is 0 Å². The van der Waals surface area contributed by atoms with Gasteiger partial charge in [-0.3, -0.25) is 0 Å². The average Bonchev–Trinajstić information content (AvgIpc) is 2.57. The Morgan fingerprint density at radius 2 is 1.58 bits per heavy atom. The molecule has 3 rings (SSSR count). The number of aryl methyl sites for hydroxylation is 1. The van der Waals surface area contributed by atoms with Gasteiger partial charge in [-0.15, -0.1) is 0 Å². The Kier molecular flexibility index (Phi) is 5.29. The van der Waals surface area contributed by atoms with E-state index in [9.17, 15) is 0 Å². The summed E-state index contributed by atoms with van der Waals surface area (Å²) in [6, 6.07) is 20.7. The minimum absolute atomic E-state index is 0.445. The molecule has 0 N–H and O–H groups in total. The Balaban J connectivity index is 1.72. The molecule has 0 bridgehead atoms. The van der Waals surface area contributed by atoms with Gasteiger partial charge in [0.15, 0.2) is 0 Å².